The van der Waals surface area contributed by atoms with Crippen molar-refractivity contribution in [2.45, 2.75) is 69.8 Å². The summed E-state index contributed by atoms with van der Waals surface area (Å²) in [6, 6.07) is 0. The van der Waals surface area contributed by atoms with E-state index in [1.54, 1.807) is 0 Å². The molecule has 0 heterocycles. The number of methoxy groups -OCH3 is 1. The number of hydrogen-bond acceptors (Lipinski definition) is 6. The van der Waals surface area contributed by atoms with Crippen LogP contribution in [0.3, 0.4) is 0 Å². The fourth-order valence-electron chi connectivity index (χ4n) is 1.91. The van der Waals surface area contributed by atoms with Gasteiger partial charge in [-0.2, -0.15) is 26.3 Å². The molecule has 0 aliphatic heterocycles. The van der Waals surface area contributed by atoms with Crippen LogP contribution in [-0.4, -0.2) is 59.2 Å². The van der Waals surface area contributed by atoms with E-state index in [1.807, 2.05) is 33.9 Å². The zero-order valence-corrected chi connectivity index (χ0v) is 19.7. The summed E-state index contributed by atoms with van der Waals surface area (Å²) in [6.45, 7) is 5.57. The molecular weight excluding hydrogens is 461 g/mol. The fraction of sp³-hybridized carbons (Fsp3) is 0.938. The first-order valence-corrected chi connectivity index (χ1v) is 13.5. The Morgan fingerprint density at radius 3 is 1.73 bits per heavy atom. The van der Waals surface area contributed by atoms with E-state index < -0.39 is 59.5 Å². The Kier molecular flexibility index (Phi) is 10.6. The molecule has 0 saturated carbocycles. The second-order valence-corrected chi connectivity index (χ2v) is 15.1. The van der Waals surface area contributed by atoms with E-state index in [-0.39, 0.29) is 18.1 Å². The minimum absolute atomic E-state index is 0.0149. The van der Waals surface area contributed by atoms with Crippen LogP contribution in [-0.2, 0) is 27.6 Å². The highest BCUT2D eigenvalue weighted by molar-refractivity contribution is 7.55. The highest BCUT2D eigenvalue weighted by Crippen LogP contribution is 2.56. The van der Waals surface area contributed by atoms with E-state index in [2.05, 4.69) is 13.8 Å². The van der Waals surface area contributed by atoms with E-state index >= 15 is 0 Å². The topological polar surface area (TPSA) is 71.1 Å². The number of hydrogen-bond donors (Lipinski definition) is 0. The van der Waals surface area contributed by atoms with Crippen molar-refractivity contribution in [2.24, 2.45) is 0 Å². The quantitative estimate of drug-likeness (QED) is 0.122. The zero-order chi connectivity index (χ0) is 24.0. The average molecular weight is 490 g/mol. The average Bonchev–Trinajstić information content (AvgIpc) is 2.55. The number of alkyl halides is 6. The van der Waals surface area contributed by atoms with Gasteiger partial charge < -0.3 is 9.16 Å². The Hall–Kier alpha value is -0.623. The summed E-state index contributed by atoms with van der Waals surface area (Å²) in [4.78, 5) is 12.0. The van der Waals surface area contributed by atoms with Crippen LogP contribution in [0.2, 0.25) is 18.1 Å². The lowest BCUT2D eigenvalue weighted by atomic mass is 10.2. The van der Waals surface area contributed by atoms with E-state index in [4.69, 9.17) is 4.43 Å². The van der Waals surface area contributed by atoms with Crippen LogP contribution in [0.5, 0.6) is 0 Å². The van der Waals surface area contributed by atoms with Crippen molar-refractivity contribution in [1.82, 2.24) is 0 Å². The summed E-state index contributed by atoms with van der Waals surface area (Å²) in [7, 11) is -6.49. The number of rotatable bonds is 11. The molecule has 1 atom stereocenters. The molecule has 0 aromatic carbocycles. The molecule has 0 bridgehead atoms. The number of carbonyl (C=O) groups is 1. The fourth-order valence-corrected chi connectivity index (χ4v) is 4.94. The maximum atomic E-state index is 12.8. The Labute approximate surface area is 173 Å². The van der Waals surface area contributed by atoms with Crippen LogP contribution >= 0.6 is 7.60 Å². The summed E-state index contributed by atoms with van der Waals surface area (Å²) in [5.41, 5.74) is -1.96. The van der Waals surface area contributed by atoms with E-state index in [0.717, 1.165) is 7.11 Å². The molecule has 0 aliphatic rings. The highest BCUT2D eigenvalue weighted by atomic mass is 31.2. The smallest absolute Gasteiger partial charge is 0.412 e. The molecule has 14 heteroatoms. The van der Waals surface area contributed by atoms with Crippen molar-refractivity contribution in [3.8, 4) is 0 Å². The first-order chi connectivity index (χ1) is 13.2. The Bertz CT molecular complexity index is 581. The molecule has 0 aromatic heterocycles. The molecule has 0 fully saturated rings. The molecule has 0 saturated heterocycles. The standard InChI is InChI=1S/C16H29F6O6PSi/c1-14(2,3)30(5,6)28-9-7-8-12(13(23)25-4)29(24,26-10-15(17,18)19)27-11-16(20,21)22/h12H,7-11H2,1-6H3. The van der Waals surface area contributed by atoms with Crippen molar-refractivity contribution < 1.29 is 53.9 Å². The molecule has 180 valence electrons. The summed E-state index contributed by atoms with van der Waals surface area (Å²) in [5.74, 6) is -1.30. The second kappa shape index (κ2) is 10.8. The van der Waals surface area contributed by atoms with Crippen LogP contribution in [0.1, 0.15) is 33.6 Å². The number of carbonyl (C=O) groups excluding carboxylic acids is 1. The number of ether oxygens (including phenoxy) is 1. The second-order valence-electron chi connectivity index (χ2n) is 8.11. The van der Waals surface area contributed by atoms with Gasteiger partial charge in [0.1, 0.15) is 0 Å². The van der Waals surface area contributed by atoms with Crippen molar-refractivity contribution in [3.05, 3.63) is 0 Å². The van der Waals surface area contributed by atoms with Gasteiger partial charge in [0.15, 0.2) is 27.2 Å². The van der Waals surface area contributed by atoms with Gasteiger partial charge in [-0.3, -0.25) is 18.4 Å². The predicted octanol–water partition coefficient (Wildman–Crippen LogP) is 5.68. The van der Waals surface area contributed by atoms with Crippen molar-refractivity contribution in [1.29, 1.82) is 0 Å². The van der Waals surface area contributed by atoms with Gasteiger partial charge in [-0.15, -0.1) is 0 Å². The molecule has 6 nitrogen and oxygen atoms in total. The van der Waals surface area contributed by atoms with Gasteiger partial charge in [0.05, 0.1) is 7.11 Å². The normalized spacial score (nSPS) is 15.2. The van der Waals surface area contributed by atoms with Gasteiger partial charge >= 0.3 is 25.9 Å². The molecular formula is C16H29F6O6PSi. The monoisotopic (exact) mass is 490 g/mol. The van der Waals surface area contributed by atoms with Crippen molar-refractivity contribution in [3.63, 3.8) is 0 Å². The Morgan fingerprint density at radius 2 is 1.40 bits per heavy atom. The summed E-state index contributed by atoms with van der Waals surface area (Å²) in [6.07, 6.45) is -10.4. The van der Waals surface area contributed by atoms with Gasteiger partial charge in [0, 0.05) is 6.61 Å². The Morgan fingerprint density at radius 1 is 0.967 bits per heavy atom. The molecule has 0 spiro atoms. The lowest BCUT2D eigenvalue weighted by Crippen LogP contribution is -2.41. The molecule has 0 aromatic rings. The van der Waals surface area contributed by atoms with Gasteiger partial charge in [-0.05, 0) is 31.0 Å². The lowest BCUT2D eigenvalue weighted by Gasteiger charge is -2.36. The molecule has 0 rings (SSSR count). The van der Waals surface area contributed by atoms with Gasteiger partial charge in [-0.25, -0.2) is 0 Å². The highest BCUT2D eigenvalue weighted by Gasteiger charge is 2.47. The molecule has 30 heavy (non-hydrogen) atoms. The van der Waals surface area contributed by atoms with Crippen molar-refractivity contribution in [2.75, 3.05) is 26.9 Å². The van der Waals surface area contributed by atoms with Crippen LogP contribution < -0.4 is 0 Å². The van der Waals surface area contributed by atoms with Crippen molar-refractivity contribution >= 4 is 21.9 Å². The number of esters is 1. The predicted molar refractivity (Wildman–Crippen MR) is 99.8 cm³/mol. The third-order valence-corrected chi connectivity index (χ3v) is 11.3. The first kappa shape index (κ1) is 29.4. The van der Waals surface area contributed by atoms with Crippen LogP contribution in [0, 0.1) is 0 Å². The summed E-state index contributed by atoms with van der Waals surface area (Å²) >= 11 is 0. The third kappa shape index (κ3) is 10.6. The van der Waals surface area contributed by atoms with Gasteiger partial charge in [-0.1, -0.05) is 20.8 Å². The van der Waals surface area contributed by atoms with Crippen LogP contribution in [0.4, 0.5) is 26.3 Å². The SMILES string of the molecule is COC(=O)C(CCCO[Si](C)(C)C(C)(C)C)P(=O)(OCC(F)(F)F)OCC(F)(F)F. The van der Waals surface area contributed by atoms with E-state index in [1.165, 1.54) is 0 Å². The van der Waals surface area contributed by atoms with Crippen LogP contribution in [0.25, 0.3) is 0 Å². The van der Waals surface area contributed by atoms with E-state index in [0.29, 0.717) is 0 Å². The van der Waals surface area contributed by atoms with Gasteiger partial charge in [0.2, 0.25) is 0 Å². The molecule has 0 radical (unpaired) electrons. The minimum Gasteiger partial charge on any atom is -0.468 e. The molecule has 0 aliphatic carbocycles. The first-order valence-electron chi connectivity index (χ1n) is 8.98. The minimum atomic E-state index is -5.17. The third-order valence-electron chi connectivity index (χ3n) is 4.56. The zero-order valence-electron chi connectivity index (χ0n) is 17.8. The maximum absolute atomic E-state index is 12.8. The largest absolute Gasteiger partial charge is 0.468 e. The lowest BCUT2D eigenvalue weighted by molar-refractivity contribution is -0.167. The summed E-state index contributed by atoms with van der Waals surface area (Å²) < 4.78 is 106. The molecule has 0 amide bonds. The number of halogens is 6. The van der Waals surface area contributed by atoms with E-state index in [9.17, 15) is 35.7 Å². The maximum Gasteiger partial charge on any atom is 0.412 e. The van der Waals surface area contributed by atoms with Crippen LogP contribution in [0.15, 0.2) is 0 Å². The molecule has 1 unspecified atom stereocenters. The Balaban J connectivity index is 5.43. The summed E-state index contributed by atoms with van der Waals surface area (Å²) in [5, 5.41) is -0.143. The molecule has 0 N–H and O–H groups in total. The van der Waals surface area contributed by atoms with Gasteiger partial charge in [0.25, 0.3) is 0 Å².